The summed E-state index contributed by atoms with van der Waals surface area (Å²) in [6.45, 7) is 3.64. The molecular formula is C28H39ClN6O5S. The number of nitrogens with two attached hydrogens (primary N) is 1. The van der Waals surface area contributed by atoms with Crippen LogP contribution in [0.4, 0.5) is 0 Å². The lowest BCUT2D eigenvalue weighted by Gasteiger charge is -2.30. The lowest BCUT2D eigenvalue weighted by Crippen LogP contribution is -2.51. The first-order valence-electron chi connectivity index (χ1n) is 13.7. The summed E-state index contributed by atoms with van der Waals surface area (Å²) < 4.78 is 29.4. The second kappa shape index (κ2) is 14.6. The maximum absolute atomic E-state index is 13.7. The summed E-state index contributed by atoms with van der Waals surface area (Å²) in [6.07, 6.45) is 4.71. The average molecular weight is 607 g/mol. The minimum atomic E-state index is -4.13. The number of sulfonamides is 1. The molecule has 1 heterocycles. The molecule has 0 unspecified atom stereocenters. The number of halogens is 1. The number of likely N-dealkylation sites (tertiary alicyclic amines) is 1. The SMILES string of the molecule is CC(=O)CCN(C(=O)[C@H](CC(=O)NCC1CCN(C=NN)CC1)NS(=O)(=O)c1ccc2ccccc2c1)C1CC1.Cl. The summed E-state index contributed by atoms with van der Waals surface area (Å²) >= 11 is 0. The number of nitrogens with one attached hydrogen (secondary N) is 2. The van der Waals surface area contributed by atoms with Gasteiger partial charge in [0.15, 0.2) is 0 Å². The van der Waals surface area contributed by atoms with Gasteiger partial charge in [0, 0.05) is 38.6 Å². The number of rotatable bonds is 13. The number of Topliss-reactive ketones (excluding diaryl/α,β-unsaturated/α-hetero) is 1. The van der Waals surface area contributed by atoms with Crippen LogP contribution in [-0.2, 0) is 24.4 Å². The van der Waals surface area contributed by atoms with Crippen molar-refractivity contribution in [2.45, 2.75) is 62.4 Å². The number of hydrogen-bond donors (Lipinski definition) is 3. The van der Waals surface area contributed by atoms with Gasteiger partial charge in [-0.05, 0) is 61.4 Å². The fourth-order valence-corrected chi connectivity index (χ4v) is 6.21. The maximum atomic E-state index is 13.7. The van der Waals surface area contributed by atoms with E-state index in [-0.39, 0.29) is 54.4 Å². The van der Waals surface area contributed by atoms with Crippen molar-refractivity contribution in [3.8, 4) is 0 Å². The fourth-order valence-electron chi connectivity index (χ4n) is 4.99. The van der Waals surface area contributed by atoms with E-state index < -0.39 is 27.9 Å². The lowest BCUT2D eigenvalue weighted by atomic mass is 9.97. The highest BCUT2D eigenvalue weighted by Crippen LogP contribution is 2.28. The third kappa shape index (κ3) is 9.14. The number of fused-ring (bicyclic) bond motifs is 1. The highest BCUT2D eigenvalue weighted by atomic mass is 35.5. The summed E-state index contributed by atoms with van der Waals surface area (Å²) in [4.78, 5) is 41.9. The van der Waals surface area contributed by atoms with E-state index in [1.165, 1.54) is 13.0 Å². The van der Waals surface area contributed by atoms with Crippen molar-refractivity contribution in [3.63, 3.8) is 0 Å². The Balaban J connectivity index is 0.00000462. The molecule has 0 radical (unpaired) electrons. The number of carbonyl (C=O) groups is 3. The Labute approximate surface area is 247 Å². The average Bonchev–Trinajstić information content (AvgIpc) is 3.77. The minimum Gasteiger partial charge on any atom is -0.361 e. The molecule has 41 heavy (non-hydrogen) atoms. The van der Waals surface area contributed by atoms with Crippen LogP contribution in [0.25, 0.3) is 10.8 Å². The molecule has 0 aromatic heterocycles. The zero-order chi connectivity index (χ0) is 28.7. The van der Waals surface area contributed by atoms with Crippen molar-refractivity contribution < 1.29 is 22.8 Å². The molecule has 1 saturated heterocycles. The molecule has 1 saturated carbocycles. The van der Waals surface area contributed by atoms with E-state index in [0.29, 0.717) is 6.54 Å². The van der Waals surface area contributed by atoms with Crippen molar-refractivity contribution in [3.05, 3.63) is 42.5 Å². The zero-order valence-electron chi connectivity index (χ0n) is 23.2. The summed E-state index contributed by atoms with van der Waals surface area (Å²) in [5, 5.41) is 8.07. The Hall–Kier alpha value is -3.22. The summed E-state index contributed by atoms with van der Waals surface area (Å²) in [5.41, 5.74) is 0. The van der Waals surface area contributed by atoms with E-state index in [1.54, 1.807) is 23.4 Å². The zero-order valence-corrected chi connectivity index (χ0v) is 24.8. The summed E-state index contributed by atoms with van der Waals surface area (Å²) in [7, 11) is -4.13. The van der Waals surface area contributed by atoms with Crippen molar-refractivity contribution >= 4 is 57.1 Å². The van der Waals surface area contributed by atoms with E-state index in [2.05, 4.69) is 15.1 Å². The second-order valence-electron chi connectivity index (χ2n) is 10.6. The van der Waals surface area contributed by atoms with Gasteiger partial charge in [-0.2, -0.15) is 9.82 Å². The normalized spacial score (nSPS) is 16.8. The van der Waals surface area contributed by atoms with Crippen LogP contribution < -0.4 is 15.9 Å². The maximum Gasteiger partial charge on any atom is 0.241 e. The highest BCUT2D eigenvalue weighted by molar-refractivity contribution is 7.89. The largest absolute Gasteiger partial charge is 0.361 e. The number of carbonyl (C=O) groups excluding carboxylic acids is 3. The van der Waals surface area contributed by atoms with Gasteiger partial charge in [-0.1, -0.05) is 30.3 Å². The Morgan fingerprint density at radius 3 is 2.41 bits per heavy atom. The summed E-state index contributed by atoms with van der Waals surface area (Å²) in [6, 6.07) is 10.8. The van der Waals surface area contributed by atoms with Crippen LogP contribution in [0.3, 0.4) is 0 Å². The first-order chi connectivity index (χ1) is 19.2. The molecule has 2 amide bonds. The Morgan fingerprint density at radius 1 is 1.10 bits per heavy atom. The number of hydrazone groups is 1. The van der Waals surface area contributed by atoms with E-state index in [0.717, 1.165) is 49.5 Å². The van der Waals surface area contributed by atoms with Crippen LogP contribution in [-0.4, -0.2) is 80.4 Å². The predicted molar refractivity (Wildman–Crippen MR) is 160 cm³/mol. The topological polar surface area (TPSA) is 154 Å². The Kier molecular flexibility index (Phi) is 11.5. The molecule has 2 aromatic rings. The number of amides is 2. The molecule has 4 rings (SSSR count). The van der Waals surface area contributed by atoms with E-state index in [9.17, 15) is 22.8 Å². The molecule has 2 aliphatic rings. The molecular weight excluding hydrogens is 568 g/mol. The highest BCUT2D eigenvalue weighted by Gasteiger charge is 2.38. The standard InChI is InChI=1S/C28H38N6O5S.ClH/c1-20(35)10-15-34(24-7-8-24)28(37)26(17-27(36)30-18-21-11-13-33(14-12-21)19-31-29)32-40(38,39)25-9-6-22-4-2-3-5-23(22)16-25;/h2-6,9,16,19,21,24,26,32H,7-8,10-15,17-18,29H2,1H3,(H,30,36);1H/t26-;/m0./s1. The Bertz CT molecular complexity index is 1360. The first kappa shape index (κ1) is 32.3. The van der Waals surface area contributed by atoms with Crippen molar-refractivity contribution in [2.24, 2.45) is 16.9 Å². The lowest BCUT2D eigenvalue weighted by molar-refractivity contribution is -0.136. The molecule has 224 valence electrons. The van der Waals surface area contributed by atoms with Crippen LogP contribution in [0.2, 0.25) is 0 Å². The van der Waals surface area contributed by atoms with Gasteiger partial charge in [-0.3, -0.25) is 14.4 Å². The first-order valence-corrected chi connectivity index (χ1v) is 15.2. The predicted octanol–water partition coefficient (Wildman–Crippen LogP) is 2.00. The van der Waals surface area contributed by atoms with Gasteiger partial charge in [-0.15, -0.1) is 12.4 Å². The molecule has 11 nitrogen and oxygen atoms in total. The van der Waals surface area contributed by atoms with Crippen LogP contribution >= 0.6 is 12.4 Å². The molecule has 0 bridgehead atoms. The molecule has 2 fully saturated rings. The van der Waals surface area contributed by atoms with Gasteiger partial charge in [0.05, 0.1) is 11.3 Å². The van der Waals surface area contributed by atoms with E-state index >= 15 is 0 Å². The van der Waals surface area contributed by atoms with Crippen molar-refractivity contribution in [2.75, 3.05) is 26.2 Å². The smallest absolute Gasteiger partial charge is 0.241 e. The monoisotopic (exact) mass is 606 g/mol. The van der Waals surface area contributed by atoms with Crippen LogP contribution in [0.1, 0.15) is 45.4 Å². The molecule has 4 N–H and O–H groups in total. The minimum absolute atomic E-state index is 0. The van der Waals surface area contributed by atoms with Gasteiger partial charge in [0.1, 0.15) is 18.2 Å². The van der Waals surface area contributed by atoms with Crippen LogP contribution in [0.15, 0.2) is 52.5 Å². The Morgan fingerprint density at radius 2 is 1.78 bits per heavy atom. The third-order valence-electron chi connectivity index (χ3n) is 7.46. The summed E-state index contributed by atoms with van der Waals surface area (Å²) in [5.74, 6) is 4.52. The molecule has 1 aliphatic carbocycles. The molecule has 2 aromatic carbocycles. The van der Waals surface area contributed by atoms with Gasteiger partial charge >= 0.3 is 0 Å². The molecule has 1 atom stereocenters. The van der Waals surface area contributed by atoms with Crippen molar-refractivity contribution in [1.82, 2.24) is 19.8 Å². The van der Waals surface area contributed by atoms with E-state index in [1.807, 2.05) is 29.2 Å². The van der Waals surface area contributed by atoms with Gasteiger partial charge in [-0.25, -0.2) is 8.42 Å². The molecule has 13 heteroatoms. The van der Waals surface area contributed by atoms with Crippen LogP contribution in [0, 0.1) is 5.92 Å². The number of benzene rings is 2. The number of nitrogens with zero attached hydrogens (tertiary/aromatic N) is 3. The molecule has 0 spiro atoms. The van der Waals surface area contributed by atoms with Gasteiger partial charge < -0.3 is 21.0 Å². The fraction of sp³-hybridized carbons (Fsp3) is 0.500. The van der Waals surface area contributed by atoms with E-state index in [4.69, 9.17) is 5.84 Å². The van der Waals surface area contributed by atoms with Crippen LogP contribution in [0.5, 0.6) is 0 Å². The quantitative estimate of drug-likeness (QED) is 0.136. The second-order valence-corrected chi connectivity index (χ2v) is 12.4. The number of hydrogen-bond acceptors (Lipinski definition) is 7. The number of piperidine rings is 1. The number of ketones is 1. The van der Waals surface area contributed by atoms with Crippen molar-refractivity contribution in [1.29, 1.82) is 0 Å². The van der Waals surface area contributed by atoms with Gasteiger partial charge in [0.25, 0.3) is 0 Å². The third-order valence-corrected chi connectivity index (χ3v) is 8.93. The van der Waals surface area contributed by atoms with Gasteiger partial charge in [0.2, 0.25) is 21.8 Å². The molecule has 1 aliphatic heterocycles.